The number of nitrogens with one attached hydrogen (secondary N) is 2. The molecule has 0 aliphatic carbocycles. The van der Waals surface area contributed by atoms with Gasteiger partial charge in [-0.2, -0.15) is 9.90 Å². The number of rotatable bonds is 3. The van der Waals surface area contributed by atoms with E-state index < -0.39 is 11.9 Å². The molecule has 8 nitrogen and oxygen atoms in total. The van der Waals surface area contributed by atoms with Gasteiger partial charge in [0.25, 0.3) is 5.91 Å². The van der Waals surface area contributed by atoms with Crippen LogP contribution in [0, 0.1) is 12.3 Å². The molecule has 0 unspecified atom stereocenters. The van der Waals surface area contributed by atoms with Gasteiger partial charge in [-0.3, -0.25) is 15.5 Å². The van der Waals surface area contributed by atoms with Gasteiger partial charge in [0.2, 0.25) is 0 Å². The van der Waals surface area contributed by atoms with Crippen molar-refractivity contribution in [3.05, 3.63) is 35.7 Å². The van der Waals surface area contributed by atoms with E-state index in [-0.39, 0.29) is 18.1 Å². The minimum atomic E-state index is -0.560. The van der Waals surface area contributed by atoms with Crippen LogP contribution in [0.15, 0.2) is 24.3 Å². The van der Waals surface area contributed by atoms with Crippen LogP contribution in [-0.2, 0) is 0 Å². The van der Waals surface area contributed by atoms with Crippen LogP contribution < -0.4 is 15.8 Å². The predicted octanol–water partition coefficient (Wildman–Crippen LogP) is 0.629. The van der Waals surface area contributed by atoms with Gasteiger partial charge >= 0.3 is 0 Å². The molecule has 1 heterocycles. The maximum Gasteiger partial charge on any atom is 0.280 e. The standard InChI is InChI=1S/C12H14N6O2.ClH/c1-7-10(11(19)15-12(13)14)17-18(16-7)8-3-5-9(20-2)6-4-8;/h3-6H,1-2H3,(H4,13,14,15,19);1H. The molecule has 0 saturated carbocycles. The zero-order valence-electron chi connectivity index (χ0n) is 11.5. The van der Waals surface area contributed by atoms with Gasteiger partial charge in [0.15, 0.2) is 11.7 Å². The molecule has 0 bridgehead atoms. The van der Waals surface area contributed by atoms with Crippen molar-refractivity contribution >= 4 is 24.3 Å². The maximum atomic E-state index is 11.8. The Hall–Kier alpha value is -2.61. The molecule has 21 heavy (non-hydrogen) atoms. The molecule has 0 aliphatic rings. The number of guanidine groups is 1. The van der Waals surface area contributed by atoms with E-state index in [4.69, 9.17) is 15.9 Å². The average molecular weight is 311 g/mol. The van der Waals surface area contributed by atoms with Crippen LogP contribution in [0.5, 0.6) is 5.75 Å². The van der Waals surface area contributed by atoms with Gasteiger partial charge in [-0.25, -0.2) is 0 Å². The first-order chi connectivity index (χ1) is 9.51. The molecule has 2 aromatic rings. The Bertz CT molecular complexity index is 652. The number of ether oxygens (including phenoxy) is 1. The van der Waals surface area contributed by atoms with Crippen molar-refractivity contribution in [1.29, 1.82) is 5.41 Å². The van der Waals surface area contributed by atoms with Gasteiger partial charge in [0, 0.05) is 0 Å². The Balaban J connectivity index is 0.00000220. The second-order valence-electron chi connectivity index (χ2n) is 3.99. The minimum absolute atomic E-state index is 0. The third-order valence-corrected chi connectivity index (χ3v) is 2.55. The monoisotopic (exact) mass is 310 g/mol. The van der Waals surface area contributed by atoms with Gasteiger partial charge in [-0.05, 0) is 31.2 Å². The summed E-state index contributed by atoms with van der Waals surface area (Å²) < 4.78 is 5.06. The Labute approximate surface area is 127 Å². The molecule has 0 fully saturated rings. The SMILES string of the molecule is COc1ccc(-n2nc(C)c(C(=O)NC(=N)N)n2)cc1.Cl. The molecule has 1 aromatic heterocycles. The lowest BCUT2D eigenvalue weighted by Crippen LogP contribution is -2.36. The van der Waals surface area contributed by atoms with Crippen LogP contribution in [0.4, 0.5) is 0 Å². The first kappa shape index (κ1) is 16.4. The van der Waals surface area contributed by atoms with Crippen molar-refractivity contribution in [1.82, 2.24) is 20.3 Å². The van der Waals surface area contributed by atoms with Crippen LogP contribution in [-0.4, -0.2) is 34.0 Å². The van der Waals surface area contributed by atoms with E-state index in [2.05, 4.69) is 15.5 Å². The Morgan fingerprint density at radius 3 is 2.48 bits per heavy atom. The lowest BCUT2D eigenvalue weighted by Gasteiger charge is -2.02. The molecule has 4 N–H and O–H groups in total. The van der Waals surface area contributed by atoms with Crippen LogP contribution in [0.3, 0.4) is 0 Å². The van der Waals surface area contributed by atoms with E-state index in [0.717, 1.165) is 0 Å². The molecule has 2 rings (SSSR count). The van der Waals surface area contributed by atoms with Gasteiger partial charge in [-0.1, -0.05) is 0 Å². The van der Waals surface area contributed by atoms with Gasteiger partial charge in [-0.15, -0.1) is 17.5 Å². The molecule has 0 aliphatic heterocycles. The zero-order valence-corrected chi connectivity index (χ0v) is 12.3. The summed E-state index contributed by atoms with van der Waals surface area (Å²) in [4.78, 5) is 13.1. The first-order valence-corrected chi connectivity index (χ1v) is 5.75. The van der Waals surface area contributed by atoms with E-state index in [0.29, 0.717) is 17.1 Å². The number of hydrogen-bond acceptors (Lipinski definition) is 5. The number of methoxy groups -OCH3 is 1. The topological polar surface area (TPSA) is 119 Å². The number of carbonyl (C=O) groups excluding carboxylic acids is 1. The Morgan fingerprint density at radius 1 is 1.33 bits per heavy atom. The van der Waals surface area contributed by atoms with E-state index in [1.54, 1.807) is 38.3 Å². The van der Waals surface area contributed by atoms with Crippen LogP contribution in [0.1, 0.15) is 16.2 Å². The molecule has 112 valence electrons. The molecule has 0 saturated heterocycles. The number of hydrogen-bond donors (Lipinski definition) is 3. The summed E-state index contributed by atoms with van der Waals surface area (Å²) in [6.07, 6.45) is 0. The number of halogens is 1. The first-order valence-electron chi connectivity index (χ1n) is 5.75. The second-order valence-corrected chi connectivity index (χ2v) is 3.99. The van der Waals surface area contributed by atoms with Crippen molar-refractivity contribution in [3.63, 3.8) is 0 Å². The smallest absolute Gasteiger partial charge is 0.280 e. The highest BCUT2D eigenvalue weighted by atomic mass is 35.5. The quantitative estimate of drug-likeness (QED) is 0.567. The summed E-state index contributed by atoms with van der Waals surface area (Å²) in [7, 11) is 1.58. The highest BCUT2D eigenvalue weighted by Gasteiger charge is 2.16. The minimum Gasteiger partial charge on any atom is -0.497 e. The summed E-state index contributed by atoms with van der Waals surface area (Å²) in [5.74, 6) is -0.282. The van der Waals surface area contributed by atoms with Crippen molar-refractivity contribution in [2.24, 2.45) is 5.73 Å². The van der Waals surface area contributed by atoms with Crippen LogP contribution in [0.25, 0.3) is 5.69 Å². The number of amides is 1. The fourth-order valence-corrected chi connectivity index (χ4v) is 1.60. The third kappa shape index (κ3) is 3.69. The molecule has 0 atom stereocenters. The Kier molecular flexibility index (Phi) is 5.25. The van der Waals surface area contributed by atoms with Crippen LogP contribution in [0.2, 0.25) is 0 Å². The number of benzene rings is 1. The number of aryl methyl sites for hydroxylation is 1. The number of carbonyl (C=O) groups is 1. The summed E-state index contributed by atoms with van der Waals surface area (Å²) >= 11 is 0. The highest BCUT2D eigenvalue weighted by molar-refractivity contribution is 6.03. The summed E-state index contributed by atoms with van der Waals surface area (Å²) in [5.41, 5.74) is 6.37. The van der Waals surface area contributed by atoms with Crippen molar-refractivity contribution in [2.75, 3.05) is 7.11 Å². The second kappa shape index (κ2) is 6.71. The van der Waals surface area contributed by atoms with E-state index in [1.165, 1.54) is 4.80 Å². The summed E-state index contributed by atoms with van der Waals surface area (Å²) in [6, 6.07) is 7.07. The molecular weight excluding hydrogens is 296 g/mol. The number of aromatic nitrogens is 3. The molecule has 9 heteroatoms. The lowest BCUT2D eigenvalue weighted by molar-refractivity contribution is 0.0970. The maximum absolute atomic E-state index is 11.8. The highest BCUT2D eigenvalue weighted by Crippen LogP contribution is 2.14. The normalized spacial score (nSPS) is 9.62. The zero-order chi connectivity index (χ0) is 14.7. The van der Waals surface area contributed by atoms with Gasteiger partial charge in [0.1, 0.15) is 5.75 Å². The summed E-state index contributed by atoms with van der Waals surface area (Å²) in [5, 5.41) is 17.5. The fourth-order valence-electron chi connectivity index (χ4n) is 1.60. The average Bonchev–Trinajstić information content (AvgIpc) is 2.80. The van der Waals surface area contributed by atoms with Crippen LogP contribution >= 0.6 is 12.4 Å². The van der Waals surface area contributed by atoms with E-state index in [1.807, 2.05) is 0 Å². The lowest BCUT2D eigenvalue weighted by atomic mass is 10.3. The molecule has 1 aromatic carbocycles. The van der Waals surface area contributed by atoms with Crippen molar-refractivity contribution < 1.29 is 9.53 Å². The van der Waals surface area contributed by atoms with E-state index >= 15 is 0 Å². The van der Waals surface area contributed by atoms with Gasteiger partial charge < -0.3 is 10.5 Å². The molecule has 0 radical (unpaired) electrons. The number of nitrogens with two attached hydrogens (primary N) is 1. The molecular formula is C12H15ClN6O2. The summed E-state index contributed by atoms with van der Waals surface area (Å²) in [6.45, 7) is 1.65. The largest absolute Gasteiger partial charge is 0.497 e. The molecule has 1 amide bonds. The molecule has 0 spiro atoms. The number of nitrogens with zero attached hydrogens (tertiary/aromatic N) is 3. The Morgan fingerprint density at radius 2 is 1.95 bits per heavy atom. The van der Waals surface area contributed by atoms with Crippen molar-refractivity contribution in [2.45, 2.75) is 6.92 Å². The van der Waals surface area contributed by atoms with E-state index in [9.17, 15) is 4.79 Å². The van der Waals surface area contributed by atoms with Crippen molar-refractivity contribution in [3.8, 4) is 11.4 Å². The predicted molar refractivity (Wildman–Crippen MR) is 79.3 cm³/mol. The third-order valence-electron chi connectivity index (χ3n) is 2.55. The fraction of sp³-hybridized carbons (Fsp3) is 0.167. The van der Waals surface area contributed by atoms with Gasteiger partial charge in [0.05, 0.1) is 18.5 Å².